The van der Waals surface area contributed by atoms with Crippen molar-refractivity contribution in [2.24, 2.45) is 0 Å². The Kier molecular flexibility index (Phi) is 6.16. The van der Waals surface area contributed by atoms with Gasteiger partial charge in [-0.1, -0.05) is 31.2 Å². The molecule has 3 aromatic rings. The van der Waals surface area contributed by atoms with Crippen LogP contribution in [-0.2, 0) is 6.42 Å². The lowest BCUT2D eigenvalue weighted by atomic mass is 10.1. The first-order valence-corrected chi connectivity index (χ1v) is 9.46. The van der Waals surface area contributed by atoms with E-state index in [1.807, 2.05) is 38.1 Å². The van der Waals surface area contributed by atoms with Crippen molar-refractivity contribution in [1.29, 1.82) is 0 Å². The molecule has 0 spiro atoms. The Hall–Kier alpha value is -3.35. The van der Waals surface area contributed by atoms with Crippen molar-refractivity contribution in [1.82, 2.24) is 14.8 Å². The SMILES string of the molecule is CCc1ccc(-c2nc(OC(C)C)nn2C(=O)c2ccc(OC)cc2OC)cc1. The maximum atomic E-state index is 13.3. The molecule has 0 unspecified atom stereocenters. The quantitative estimate of drug-likeness (QED) is 0.602. The molecule has 1 aromatic heterocycles. The topological polar surface area (TPSA) is 75.5 Å². The average molecular weight is 395 g/mol. The Morgan fingerprint density at radius 2 is 1.79 bits per heavy atom. The summed E-state index contributed by atoms with van der Waals surface area (Å²) in [7, 11) is 3.06. The number of carbonyl (C=O) groups excluding carboxylic acids is 1. The van der Waals surface area contributed by atoms with Crippen LogP contribution in [0.2, 0.25) is 0 Å². The number of rotatable bonds is 7. The van der Waals surface area contributed by atoms with E-state index in [0.717, 1.165) is 12.0 Å². The van der Waals surface area contributed by atoms with Crippen LogP contribution < -0.4 is 14.2 Å². The largest absolute Gasteiger partial charge is 0.497 e. The van der Waals surface area contributed by atoms with Crippen LogP contribution in [0.15, 0.2) is 42.5 Å². The van der Waals surface area contributed by atoms with Gasteiger partial charge >= 0.3 is 6.01 Å². The molecule has 29 heavy (non-hydrogen) atoms. The predicted octanol–water partition coefficient (Wildman–Crippen LogP) is 4.00. The minimum atomic E-state index is -0.370. The van der Waals surface area contributed by atoms with E-state index in [9.17, 15) is 4.79 Å². The van der Waals surface area contributed by atoms with E-state index in [1.54, 1.807) is 25.3 Å². The van der Waals surface area contributed by atoms with Gasteiger partial charge in [-0.3, -0.25) is 4.79 Å². The van der Waals surface area contributed by atoms with E-state index < -0.39 is 0 Å². The molecule has 0 saturated carbocycles. The fraction of sp³-hybridized carbons (Fsp3) is 0.318. The van der Waals surface area contributed by atoms with Crippen molar-refractivity contribution in [3.63, 3.8) is 0 Å². The lowest BCUT2D eigenvalue weighted by Crippen LogP contribution is -2.16. The molecule has 0 aliphatic rings. The van der Waals surface area contributed by atoms with E-state index in [1.165, 1.54) is 17.4 Å². The van der Waals surface area contributed by atoms with E-state index in [-0.39, 0.29) is 18.0 Å². The molecule has 0 aliphatic heterocycles. The number of methoxy groups -OCH3 is 2. The molecule has 0 radical (unpaired) electrons. The molecule has 0 fully saturated rings. The molecule has 2 aromatic carbocycles. The van der Waals surface area contributed by atoms with Crippen LogP contribution in [0.1, 0.15) is 36.7 Å². The number of hydrogen-bond acceptors (Lipinski definition) is 6. The van der Waals surface area contributed by atoms with Crippen LogP contribution in [0, 0.1) is 0 Å². The van der Waals surface area contributed by atoms with E-state index >= 15 is 0 Å². The maximum Gasteiger partial charge on any atom is 0.336 e. The van der Waals surface area contributed by atoms with E-state index in [0.29, 0.717) is 22.9 Å². The number of ether oxygens (including phenoxy) is 3. The number of hydrogen-bond donors (Lipinski definition) is 0. The number of aryl methyl sites for hydroxylation is 1. The van der Waals surface area contributed by atoms with E-state index in [4.69, 9.17) is 14.2 Å². The molecule has 3 rings (SSSR count). The molecular formula is C22H25N3O4. The number of carbonyl (C=O) groups is 1. The highest BCUT2D eigenvalue weighted by molar-refractivity contribution is 6.00. The highest BCUT2D eigenvalue weighted by atomic mass is 16.5. The average Bonchev–Trinajstić information content (AvgIpc) is 3.15. The number of benzene rings is 2. The lowest BCUT2D eigenvalue weighted by Gasteiger charge is -2.10. The second-order valence-corrected chi connectivity index (χ2v) is 6.72. The van der Waals surface area contributed by atoms with Gasteiger partial charge in [-0.2, -0.15) is 9.67 Å². The first-order valence-electron chi connectivity index (χ1n) is 9.46. The van der Waals surface area contributed by atoms with Gasteiger partial charge in [-0.15, -0.1) is 5.10 Å². The van der Waals surface area contributed by atoms with Gasteiger partial charge in [0.15, 0.2) is 5.82 Å². The highest BCUT2D eigenvalue weighted by Gasteiger charge is 2.23. The maximum absolute atomic E-state index is 13.3. The Morgan fingerprint density at radius 1 is 1.07 bits per heavy atom. The van der Waals surface area contributed by atoms with Gasteiger partial charge in [0.1, 0.15) is 11.5 Å². The molecule has 0 amide bonds. The summed E-state index contributed by atoms with van der Waals surface area (Å²) >= 11 is 0. The minimum Gasteiger partial charge on any atom is -0.497 e. The molecule has 0 aliphatic carbocycles. The van der Waals surface area contributed by atoms with Gasteiger partial charge in [0.05, 0.1) is 25.9 Å². The third kappa shape index (κ3) is 4.39. The van der Waals surface area contributed by atoms with Gasteiger partial charge in [0.2, 0.25) is 0 Å². The smallest absolute Gasteiger partial charge is 0.336 e. The lowest BCUT2D eigenvalue weighted by molar-refractivity contribution is 0.0940. The van der Waals surface area contributed by atoms with E-state index in [2.05, 4.69) is 17.0 Å². The molecule has 0 atom stereocenters. The van der Waals surface area contributed by atoms with Crippen molar-refractivity contribution in [2.45, 2.75) is 33.3 Å². The number of nitrogens with zero attached hydrogens (tertiary/aromatic N) is 3. The third-order valence-corrected chi connectivity index (χ3v) is 4.38. The van der Waals surface area contributed by atoms with Gasteiger partial charge in [0.25, 0.3) is 5.91 Å². The zero-order valence-corrected chi connectivity index (χ0v) is 17.3. The van der Waals surface area contributed by atoms with Crippen LogP contribution in [-0.4, -0.2) is 41.0 Å². The van der Waals surface area contributed by atoms with Gasteiger partial charge in [0, 0.05) is 11.6 Å². The Balaban J connectivity index is 2.09. The second kappa shape index (κ2) is 8.77. The summed E-state index contributed by atoms with van der Waals surface area (Å²) in [5.41, 5.74) is 2.32. The van der Waals surface area contributed by atoms with Crippen LogP contribution in [0.4, 0.5) is 0 Å². The molecule has 0 bridgehead atoms. The van der Waals surface area contributed by atoms with Gasteiger partial charge < -0.3 is 14.2 Å². The molecule has 7 nitrogen and oxygen atoms in total. The first kappa shape index (κ1) is 20.4. The Morgan fingerprint density at radius 3 is 2.38 bits per heavy atom. The van der Waals surface area contributed by atoms with Crippen molar-refractivity contribution in [2.75, 3.05) is 14.2 Å². The monoisotopic (exact) mass is 395 g/mol. The Bertz CT molecular complexity index is 994. The van der Waals surface area contributed by atoms with Gasteiger partial charge in [-0.25, -0.2) is 0 Å². The third-order valence-electron chi connectivity index (χ3n) is 4.38. The van der Waals surface area contributed by atoms with Crippen molar-refractivity contribution in [3.05, 3.63) is 53.6 Å². The molecular weight excluding hydrogens is 370 g/mol. The van der Waals surface area contributed by atoms with Crippen LogP contribution in [0.3, 0.4) is 0 Å². The summed E-state index contributed by atoms with van der Waals surface area (Å²) in [4.78, 5) is 17.8. The molecule has 1 heterocycles. The summed E-state index contributed by atoms with van der Waals surface area (Å²) in [6.45, 7) is 5.85. The van der Waals surface area contributed by atoms with Crippen molar-refractivity contribution < 1.29 is 19.0 Å². The summed E-state index contributed by atoms with van der Waals surface area (Å²) in [5.74, 6) is 1.02. The highest BCUT2D eigenvalue weighted by Crippen LogP contribution is 2.28. The summed E-state index contributed by atoms with van der Waals surface area (Å²) in [5, 5.41) is 4.31. The minimum absolute atomic E-state index is 0.119. The van der Waals surface area contributed by atoms with Crippen LogP contribution >= 0.6 is 0 Å². The van der Waals surface area contributed by atoms with Gasteiger partial charge in [-0.05, 0) is 38.0 Å². The van der Waals surface area contributed by atoms with Crippen molar-refractivity contribution >= 4 is 5.91 Å². The molecule has 0 saturated heterocycles. The van der Waals surface area contributed by atoms with Crippen molar-refractivity contribution in [3.8, 4) is 28.9 Å². The summed E-state index contributed by atoms with van der Waals surface area (Å²) in [6, 6.07) is 13.0. The molecule has 152 valence electrons. The normalized spacial score (nSPS) is 10.8. The molecule has 7 heteroatoms. The fourth-order valence-corrected chi connectivity index (χ4v) is 2.86. The summed E-state index contributed by atoms with van der Waals surface area (Å²) < 4.78 is 17.5. The standard InChI is InChI=1S/C22H25N3O4/c1-6-15-7-9-16(10-8-15)20-23-22(29-14(2)3)24-25(20)21(26)18-12-11-17(27-4)13-19(18)28-5/h7-14H,6H2,1-5H3. The van der Waals surface area contributed by atoms with Crippen LogP contribution in [0.25, 0.3) is 11.4 Å². The summed E-state index contributed by atoms with van der Waals surface area (Å²) in [6.07, 6.45) is 0.809. The Labute approximate surface area is 170 Å². The zero-order chi connectivity index (χ0) is 21.0. The van der Waals surface area contributed by atoms with Crippen LogP contribution in [0.5, 0.6) is 17.5 Å². The zero-order valence-electron chi connectivity index (χ0n) is 17.3. The fourth-order valence-electron chi connectivity index (χ4n) is 2.86. The molecule has 0 N–H and O–H groups in total. The first-order chi connectivity index (χ1) is 14.0. The second-order valence-electron chi connectivity index (χ2n) is 6.72. The number of aromatic nitrogens is 3. The predicted molar refractivity (Wildman–Crippen MR) is 110 cm³/mol.